The van der Waals surface area contributed by atoms with Crippen LogP contribution >= 0.6 is 0 Å². The molecular formula is C31H30Cl2N2O2. The second-order valence-corrected chi connectivity index (χ2v) is 9.59. The molecule has 2 N–H and O–H groups in total. The number of benzene rings is 4. The number of nitrogens with one attached hydrogen (secondary N) is 2. The molecule has 37 heavy (non-hydrogen) atoms. The van der Waals surface area contributed by atoms with Crippen molar-refractivity contribution in [2.24, 2.45) is 0 Å². The average Bonchev–Trinajstić information content (AvgIpc) is 2.91. The number of hydrogen-bond donors (Lipinski definition) is 2. The van der Waals surface area contributed by atoms with Crippen molar-refractivity contribution in [2.45, 2.75) is 12.6 Å². The van der Waals surface area contributed by atoms with Gasteiger partial charge in [0.05, 0.1) is 0 Å². The van der Waals surface area contributed by atoms with E-state index < -0.39 is 0 Å². The topological polar surface area (TPSA) is 39.1 Å². The lowest BCUT2D eigenvalue weighted by Gasteiger charge is -2.35. The maximum absolute atomic E-state index is 12.5. The molecule has 0 bridgehead atoms. The van der Waals surface area contributed by atoms with Gasteiger partial charge < -0.3 is 39.0 Å². The lowest BCUT2D eigenvalue weighted by Crippen LogP contribution is -3.27. The van der Waals surface area contributed by atoms with Crippen LogP contribution in [0.4, 0.5) is 0 Å². The van der Waals surface area contributed by atoms with Crippen LogP contribution in [0, 0.1) is 0 Å². The molecule has 0 aliphatic carbocycles. The van der Waals surface area contributed by atoms with Crippen LogP contribution in [0.25, 0.3) is 21.7 Å². The van der Waals surface area contributed by atoms with E-state index in [9.17, 15) is 4.79 Å². The summed E-state index contributed by atoms with van der Waals surface area (Å²) >= 11 is 0. The molecular weight excluding hydrogens is 503 g/mol. The van der Waals surface area contributed by atoms with Gasteiger partial charge in [0.15, 0.2) is 0 Å². The molecule has 0 spiro atoms. The van der Waals surface area contributed by atoms with Crippen LogP contribution in [0.5, 0.6) is 0 Å². The zero-order valence-corrected chi connectivity index (χ0v) is 22.0. The summed E-state index contributed by atoms with van der Waals surface area (Å²) in [6, 6.07) is 36.1. The van der Waals surface area contributed by atoms with Gasteiger partial charge in [0, 0.05) is 33.5 Å². The van der Waals surface area contributed by atoms with Crippen molar-refractivity contribution < 1.29 is 39.0 Å². The predicted octanol–water partition coefficient (Wildman–Crippen LogP) is -2.97. The Balaban J connectivity index is 0.00000160. The summed E-state index contributed by atoms with van der Waals surface area (Å²) in [4.78, 5) is 15.6. The summed E-state index contributed by atoms with van der Waals surface area (Å²) in [6.07, 6.45) is 0. The van der Waals surface area contributed by atoms with Gasteiger partial charge in [-0.3, -0.25) is 0 Å². The van der Waals surface area contributed by atoms with Crippen LogP contribution in [-0.4, -0.2) is 26.2 Å². The van der Waals surface area contributed by atoms with E-state index in [0.717, 1.165) is 54.4 Å². The third-order valence-electron chi connectivity index (χ3n) is 7.43. The van der Waals surface area contributed by atoms with Crippen molar-refractivity contribution in [3.63, 3.8) is 0 Å². The van der Waals surface area contributed by atoms with E-state index in [1.165, 1.54) is 16.0 Å². The van der Waals surface area contributed by atoms with Crippen LogP contribution < -0.4 is 40.2 Å². The van der Waals surface area contributed by atoms with Crippen molar-refractivity contribution in [1.29, 1.82) is 0 Å². The Morgan fingerprint density at radius 2 is 1.27 bits per heavy atom. The molecule has 0 unspecified atom stereocenters. The van der Waals surface area contributed by atoms with Gasteiger partial charge in [-0.15, -0.1) is 0 Å². The number of piperazine rings is 1. The molecule has 0 atom stereocenters. The Bertz CT molecular complexity index is 1480. The highest BCUT2D eigenvalue weighted by atomic mass is 35.5. The lowest BCUT2D eigenvalue weighted by molar-refractivity contribution is -1.03. The minimum absolute atomic E-state index is 0. The van der Waals surface area contributed by atoms with Crippen LogP contribution in [0.1, 0.15) is 22.7 Å². The summed E-state index contributed by atoms with van der Waals surface area (Å²) in [6.45, 7) is 5.16. The molecule has 0 amide bonds. The minimum atomic E-state index is -0.263. The van der Waals surface area contributed by atoms with Crippen molar-refractivity contribution in [3.8, 4) is 0 Å². The quantitative estimate of drug-likeness (QED) is 0.187. The second kappa shape index (κ2) is 11.9. The monoisotopic (exact) mass is 532 g/mol. The van der Waals surface area contributed by atoms with Crippen LogP contribution in [0.15, 0.2) is 112 Å². The van der Waals surface area contributed by atoms with Gasteiger partial charge in [0.1, 0.15) is 44.3 Å². The van der Waals surface area contributed by atoms with Gasteiger partial charge in [-0.25, -0.2) is 4.79 Å². The van der Waals surface area contributed by atoms with E-state index in [4.69, 9.17) is 4.42 Å². The van der Waals surface area contributed by atoms with Gasteiger partial charge in [-0.1, -0.05) is 97.1 Å². The van der Waals surface area contributed by atoms with E-state index in [1.807, 2.05) is 18.2 Å². The molecule has 2 heterocycles. The lowest BCUT2D eigenvalue weighted by atomic mass is 9.96. The number of rotatable bonds is 5. The zero-order valence-electron chi connectivity index (χ0n) is 20.5. The number of quaternary nitrogens is 2. The Labute approximate surface area is 229 Å². The van der Waals surface area contributed by atoms with Crippen molar-refractivity contribution >= 4 is 21.7 Å². The Hall–Kier alpha value is -3.15. The average molecular weight is 533 g/mol. The van der Waals surface area contributed by atoms with E-state index in [1.54, 1.807) is 11.0 Å². The van der Waals surface area contributed by atoms with Gasteiger partial charge in [-0.2, -0.15) is 0 Å². The first-order valence-corrected chi connectivity index (χ1v) is 12.5. The molecule has 1 aromatic heterocycles. The first kappa shape index (κ1) is 26.9. The maximum Gasteiger partial charge on any atom is 0.336 e. The van der Waals surface area contributed by atoms with E-state index in [0.29, 0.717) is 11.6 Å². The van der Waals surface area contributed by atoms with Gasteiger partial charge in [0.2, 0.25) is 0 Å². The summed E-state index contributed by atoms with van der Waals surface area (Å²) in [5.41, 5.74) is 4.28. The normalized spacial score (nSPS) is 17.3. The molecule has 0 saturated carbocycles. The van der Waals surface area contributed by atoms with Gasteiger partial charge in [-0.05, 0) is 5.39 Å². The number of hydrogen-bond acceptors (Lipinski definition) is 2. The fourth-order valence-electron chi connectivity index (χ4n) is 5.72. The third-order valence-corrected chi connectivity index (χ3v) is 7.43. The molecule has 6 heteroatoms. The highest BCUT2D eigenvalue weighted by molar-refractivity contribution is 6.04. The molecule has 0 radical (unpaired) electrons. The predicted molar refractivity (Wildman–Crippen MR) is 140 cm³/mol. The summed E-state index contributed by atoms with van der Waals surface area (Å²) < 4.78 is 5.68. The van der Waals surface area contributed by atoms with E-state index >= 15 is 0 Å². The Kier molecular flexibility index (Phi) is 8.67. The molecule has 4 aromatic carbocycles. The number of fused-ring (bicyclic) bond motifs is 3. The smallest absolute Gasteiger partial charge is 0.336 e. The summed E-state index contributed by atoms with van der Waals surface area (Å²) in [5, 5.41) is 3.15. The molecule has 1 saturated heterocycles. The van der Waals surface area contributed by atoms with Crippen LogP contribution in [-0.2, 0) is 6.54 Å². The molecule has 1 fully saturated rings. The first-order chi connectivity index (χ1) is 17.3. The highest BCUT2D eigenvalue weighted by Gasteiger charge is 2.32. The van der Waals surface area contributed by atoms with Gasteiger partial charge in [0.25, 0.3) is 0 Å². The number of halogens is 2. The fourth-order valence-corrected chi connectivity index (χ4v) is 5.72. The van der Waals surface area contributed by atoms with Crippen molar-refractivity contribution in [3.05, 3.63) is 130 Å². The van der Waals surface area contributed by atoms with E-state index in [-0.39, 0.29) is 30.4 Å². The van der Waals surface area contributed by atoms with Crippen molar-refractivity contribution in [2.75, 3.05) is 26.2 Å². The Morgan fingerprint density at radius 1 is 0.676 bits per heavy atom. The summed E-state index contributed by atoms with van der Waals surface area (Å²) in [7, 11) is 0. The van der Waals surface area contributed by atoms with Crippen LogP contribution in [0.3, 0.4) is 0 Å². The molecule has 4 nitrogen and oxygen atoms in total. The van der Waals surface area contributed by atoms with Crippen molar-refractivity contribution in [1.82, 2.24) is 0 Å². The summed E-state index contributed by atoms with van der Waals surface area (Å²) in [5.74, 6) is 0. The Morgan fingerprint density at radius 3 is 1.92 bits per heavy atom. The van der Waals surface area contributed by atoms with Crippen LogP contribution in [0.2, 0.25) is 0 Å². The molecule has 1 aliphatic heterocycles. The first-order valence-electron chi connectivity index (χ1n) is 12.5. The molecule has 1 aliphatic rings. The zero-order chi connectivity index (χ0) is 23.6. The standard InChI is InChI=1S/C31H28N2O2.2ClH/c34-29-21-26(28-16-15-23-9-7-8-14-27(23)31(28)35-29)22-32-17-19-33(20-18-32)30(24-10-3-1-4-11-24)25-12-5-2-6-13-25;;/h1-16,21,30H,17-20,22H2;2*1H. The van der Waals surface area contributed by atoms with E-state index in [2.05, 4.69) is 78.9 Å². The molecule has 5 aromatic rings. The molecule has 6 rings (SSSR count). The fraction of sp³-hybridized carbons (Fsp3) is 0.194. The molecule has 190 valence electrons. The minimum Gasteiger partial charge on any atom is -1.00 e. The third kappa shape index (κ3) is 5.58. The SMILES string of the molecule is O=c1cc(C[NH+]2CC[NH+](C(c3ccccc3)c3ccccc3)CC2)c2ccc3ccccc3c2o1.[Cl-].[Cl-]. The highest BCUT2D eigenvalue weighted by Crippen LogP contribution is 2.26. The second-order valence-electron chi connectivity index (χ2n) is 9.59. The maximum atomic E-state index is 12.5. The van der Waals surface area contributed by atoms with Gasteiger partial charge >= 0.3 is 5.63 Å². The largest absolute Gasteiger partial charge is 1.00 e.